The SMILES string of the molecule is NC(=NO)c1nc(-c2ccncc2)cs1. The summed E-state index contributed by atoms with van der Waals surface area (Å²) in [5.74, 6) is 0.0281. The highest BCUT2D eigenvalue weighted by Crippen LogP contribution is 2.20. The van der Waals surface area contributed by atoms with E-state index < -0.39 is 0 Å². The third-order valence-corrected chi connectivity index (χ3v) is 2.67. The number of rotatable bonds is 2. The van der Waals surface area contributed by atoms with Crippen LogP contribution in [-0.4, -0.2) is 21.0 Å². The van der Waals surface area contributed by atoms with Crippen LogP contribution in [0.5, 0.6) is 0 Å². The van der Waals surface area contributed by atoms with Gasteiger partial charge in [-0.3, -0.25) is 4.98 Å². The van der Waals surface area contributed by atoms with Crippen molar-refractivity contribution in [2.75, 3.05) is 0 Å². The van der Waals surface area contributed by atoms with E-state index in [1.807, 2.05) is 17.5 Å². The number of nitrogens with zero attached hydrogens (tertiary/aromatic N) is 3. The zero-order valence-electron chi connectivity index (χ0n) is 7.66. The lowest BCUT2D eigenvalue weighted by atomic mass is 10.2. The summed E-state index contributed by atoms with van der Waals surface area (Å²) in [5.41, 5.74) is 7.17. The Bertz CT molecular complexity index is 480. The van der Waals surface area contributed by atoms with Gasteiger partial charge >= 0.3 is 0 Å². The van der Waals surface area contributed by atoms with Crippen molar-refractivity contribution in [3.05, 3.63) is 34.9 Å². The highest BCUT2D eigenvalue weighted by molar-refractivity contribution is 7.12. The molecule has 0 bridgehead atoms. The van der Waals surface area contributed by atoms with Gasteiger partial charge in [-0.05, 0) is 12.1 Å². The number of oxime groups is 1. The Hall–Kier alpha value is -1.95. The molecule has 76 valence electrons. The second-order valence-electron chi connectivity index (χ2n) is 2.76. The molecule has 0 aliphatic heterocycles. The molecule has 0 amide bonds. The molecular formula is C9H8N4OS. The van der Waals surface area contributed by atoms with E-state index in [2.05, 4.69) is 15.1 Å². The van der Waals surface area contributed by atoms with Crippen LogP contribution in [0.2, 0.25) is 0 Å². The fourth-order valence-corrected chi connectivity index (χ4v) is 1.81. The van der Waals surface area contributed by atoms with E-state index in [1.54, 1.807) is 12.4 Å². The van der Waals surface area contributed by atoms with Gasteiger partial charge in [0.15, 0.2) is 10.8 Å². The van der Waals surface area contributed by atoms with E-state index in [0.717, 1.165) is 11.3 Å². The first-order valence-corrected chi connectivity index (χ1v) is 5.03. The van der Waals surface area contributed by atoms with Crippen molar-refractivity contribution in [2.45, 2.75) is 0 Å². The van der Waals surface area contributed by atoms with Crippen LogP contribution in [0, 0.1) is 0 Å². The van der Waals surface area contributed by atoms with E-state index in [4.69, 9.17) is 10.9 Å². The maximum Gasteiger partial charge on any atom is 0.199 e. The van der Waals surface area contributed by atoms with E-state index in [0.29, 0.717) is 5.01 Å². The van der Waals surface area contributed by atoms with Crippen LogP contribution in [0.3, 0.4) is 0 Å². The highest BCUT2D eigenvalue weighted by Gasteiger charge is 2.07. The minimum absolute atomic E-state index is 0.0281. The lowest BCUT2D eigenvalue weighted by molar-refractivity contribution is 0.318. The third-order valence-electron chi connectivity index (χ3n) is 1.81. The van der Waals surface area contributed by atoms with Crippen LogP contribution in [-0.2, 0) is 0 Å². The zero-order valence-corrected chi connectivity index (χ0v) is 8.48. The second-order valence-corrected chi connectivity index (χ2v) is 3.62. The maximum absolute atomic E-state index is 8.49. The fourth-order valence-electron chi connectivity index (χ4n) is 1.09. The summed E-state index contributed by atoms with van der Waals surface area (Å²) in [5, 5.41) is 13.7. The Morgan fingerprint density at radius 2 is 2.13 bits per heavy atom. The third kappa shape index (κ3) is 1.94. The first kappa shape index (κ1) is 9.60. The smallest absolute Gasteiger partial charge is 0.199 e. The van der Waals surface area contributed by atoms with Crippen LogP contribution >= 0.6 is 11.3 Å². The van der Waals surface area contributed by atoms with Crippen LogP contribution in [0.25, 0.3) is 11.3 Å². The van der Waals surface area contributed by atoms with Gasteiger partial charge in [0, 0.05) is 23.3 Å². The Kier molecular flexibility index (Phi) is 2.59. The molecule has 0 atom stereocenters. The first-order chi connectivity index (χ1) is 7.31. The van der Waals surface area contributed by atoms with Gasteiger partial charge in [0.05, 0.1) is 5.69 Å². The lowest BCUT2D eigenvalue weighted by Gasteiger charge is -1.93. The largest absolute Gasteiger partial charge is 0.409 e. The van der Waals surface area contributed by atoms with Crippen molar-refractivity contribution in [1.29, 1.82) is 0 Å². The molecule has 0 saturated carbocycles. The normalized spacial score (nSPS) is 11.6. The molecule has 2 aromatic rings. The monoisotopic (exact) mass is 220 g/mol. The molecule has 6 heteroatoms. The quantitative estimate of drug-likeness (QED) is 0.346. The summed E-state index contributed by atoms with van der Waals surface area (Å²) in [4.78, 5) is 8.14. The Morgan fingerprint density at radius 1 is 1.40 bits per heavy atom. The summed E-state index contributed by atoms with van der Waals surface area (Å²) in [6.07, 6.45) is 3.38. The molecule has 0 saturated heterocycles. The van der Waals surface area contributed by atoms with Crippen LogP contribution in [0.1, 0.15) is 5.01 Å². The molecular weight excluding hydrogens is 212 g/mol. The summed E-state index contributed by atoms with van der Waals surface area (Å²) in [7, 11) is 0. The average Bonchev–Trinajstić information content (AvgIpc) is 2.78. The van der Waals surface area contributed by atoms with Gasteiger partial charge in [-0.1, -0.05) is 5.16 Å². The van der Waals surface area contributed by atoms with Gasteiger partial charge in [-0.15, -0.1) is 11.3 Å². The minimum Gasteiger partial charge on any atom is -0.409 e. The summed E-state index contributed by atoms with van der Waals surface area (Å²) < 4.78 is 0. The number of hydrogen-bond donors (Lipinski definition) is 2. The molecule has 0 spiro atoms. The zero-order chi connectivity index (χ0) is 10.7. The molecule has 15 heavy (non-hydrogen) atoms. The number of amidine groups is 1. The minimum atomic E-state index is 0.0281. The molecule has 5 nitrogen and oxygen atoms in total. The second kappa shape index (κ2) is 4.05. The molecule has 0 unspecified atom stereocenters. The van der Waals surface area contributed by atoms with E-state index in [1.165, 1.54) is 11.3 Å². The van der Waals surface area contributed by atoms with Gasteiger partial charge in [0.25, 0.3) is 0 Å². The molecule has 0 aliphatic carbocycles. The van der Waals surface area contributed by atoms with Gasteiger partial charge in [0.1, 0.15) is 0 Å². The number of hydrogen-bond acceptors (Lipinski definition) is 5. The predicted molar refractivity (Wildman–Crippen MR) is 57.9 cm³/mol. The summed E-state index contributed by atoms with van der Waals surface area (Å²) in [6.45, 7) is 0. The average molecular weight is 220 g/mol. The molecule has 0 radical (unpaired) electrons. The van der Waals surface area contributed by atoms with Crippen LogP contribution < -0.4 is 5.73 Å². The molecule has 2 aromatic heterocycles. The number of nitrogens with two attached hydrogens (primary N) is 1. The summed E-state index contributed by atoms with van der Waals surface area (Å²) in [6, 6.07) is 3.70. The van der Waals surface area contributed by atoms with Gasteiger partial charge in [0.2, 0.25) is 0 Å². The fraction of sp³-hybridized carbons (Fsp3) is 0. The number of aromatic nitrogens is 2. The van der Waals surface area contributed by atoms with Gasteiger partial charge < -0.3 is 10.9 Å². The van der Waals surface area contributed by atoms with Crippen molar-refractivity contribution < 1.29 is 5.21 Å². The van der Waals surface area contributed by atoms with Crippen molar-refractivity contribution in [3.8, 4) is 11.3 Å². The highest BCUT2D eigenvalue weighted by atomic mass is 32.1. The van der Waals surface area contributed by atoms with Crippen molar-refractivity contribution >= 4 is 17.2 Å². The molecule has 0 fully saturated rings. The molecule has 3 N–H and O–H groups in total. The molecule has 2 rings (SSSR count). The Morgan fingerprint density at radius 3 is 2.80 bits per heavy atom. The van der Waals surface area contributed by atoms with Crippen molar-refractivity contribution in [2.24, 2.45) is 10.9 Å². The number of pyridine rings is 1. The van der Waals surface area contributed by atoms with Gasteiger partial charge in [-0.25, -0.2) is 4.98 Å². The van der Waals surface area contributed by atoms with Crippen molar-refractivity contribution in [3.63, 3.8) is 0 Å². The molecule has 2 heterocycles. The standard InChI is InChI=1S/C9H8N4OS/c10-8(13-14)9-12-7(5-15-9)6-1-3-11-4-2-6/h1-5,14H,(H2,10,13). The maximum atomic E-state index is 8.49. The van der Waals surface area contributed by atoms with E-state index in [-0.39, 0.29) is 5.84 Å². The van der Waals surface area contributed by atoms with Crippen LogP contribution in [0.4, 0.5) is 0 Å². The number of thiazole rings is 1. The lowest BCUT2D eigenvalue weighted by Crippen LogP contribution is -2.12. The van der Waals surface area contributed by atoms with E-state index >= 15 is 0 Å². The van der Waals surface area contributed by atoms with Gasteiger partial charge in [-0.2, -0.15) is 0 Å². The van der Waals surface area contributed by atoms with E-state index in [9.17, 15) is 0 Å². The Labute approximate surface area is 89.9 Å². The van der Waals surface area contributed by atoms with Crippen LogP contribution in [0.15, 0.2) is 35.1 Å². The summed E-state index contributed by atoms with van der Waals surface area (Å²) >= 11 is 1.33. The Balaban J connectivity index is 2.36. The molecule has 0 aliphatic rings. The first-order valence-electron chi connectivity index (χ1n) is 4.15. The predicted octanol–water partition coefficient (Wildman–Crippen LogP) is 1.30. The van der Waals surface area contributed by atoms with Crippen molar-refractivity contribution in [1.82, 2.24) is 9.97 Å². The molecule has 0 aromatic carbocycles. The topological polar surface area (TPSA) is 84.4 Å².